The van der Waals surface area contributed by atoms with Crippen LogP contribution in [0.15, 0.2) is 48.9 Å². The fraction of sp³-hybridized carbons (Fsp3) is 0.421. The van der Waals surface area contributed by atoms with Gasteiger partial charge in [-0.2, -0.15) is 0 Å². The van der Waals surface area contributed by atoms with Gasteiger partial charge in [-0.05, 0) is 44.5 Å². The van der Waals surface area contributed by atoms with E-state index in [1.165, 1.54) is 0 Å². The number of nitrogens with zero attached hydrogens (tertiary/aromatic N) is 5. The van der Waals surface area contributed by atoms with E-state index < -0.39 is 0 Å². The molecule has 3 heterocycles. The minimum Gasteiger partial charge on any atom is -0.494 e. The molecule has 7 nitrogen and oxygen atoms in total. The maximum atomic E-state index is 5.76. The van der Waals surface area contributed by atoms with Gasteiger partial charge in [-0.25, -0.2) is 9.67 Å². The van der Waals surface area contributed by atoms with Crippen LogP contribution in [-0.2, 0) is 6.54 Å². The van der Waals surface area contributed by atoms with E-state index in [0.717, 1.165) is 56.2 Å². The second-order valence-corrected chi connectivity index (χ2v) is 6.52. The minimum atomic E-state index is 0. The van der Waals surface area contributed by atoms with E-state index in [0.29, 0.717) is 12.6 Å². The van der Waals surface area contributed by atoms with Crippen molar-refractivity contribution >= 4 is 12.4 Å². The monoisotopic (exact) mass is 388 g/mol. The predicted molar refractivity (Wildman–Crippen MR) is 106 cm³/mol. The third-order valence-electron chi connectivity index (χ3n) is 4.69. The summed E-state index contributed by atoms with van der Waals surface area (Å²) >= 11 is 0. The van der Waals surface area contributed by atoms with Crippen LogP contribution < -0.4 is 10.1 Å². The van der Waals surface area contributed by atoms with E-state index in [9.17, 15) is 0 Å². The highest BCUT2D eigenvalue weighted by Gasteiger charge is 2.18. The van der Waals surface area contributed by atoms with Crippen molar-refractivity contribution in [3.8, 4) is 17.3 Å². The molecule has 27 heavy (non-hydrogen) atoms. The van der Waals surface area contributed by atoms with E-state index in [2.05, 4.69) is 25.2 Å². The van der Waals surface area contributed by atoms with Crippen LogP contribution in [0.2, 0.25) is 0 Å². The maximum Gasteiger partial charge on any atom is 0.162 e. The van der Waals surface area contributed by atoms with E-state index >= 15 is 0 Å². The van der Waals surface area contributed by atoms with Crippen LogP contribution in [0.3, 0.4) is 0 Å². The molecule has 1 N–H and O–H groups in total. The molecule has 2 aromatic heterocycles. The zero-order chi connectivity index (χ0) is 17.6. The molecule has 0 atom stereocenters. The van der Waals surface area contributed by atoms with Crippen LogP contribution in [0.5, 0.6) is 5.75 Å². The Hall–Kier alpha value is -2.38. The molecule has 0 spiro atoms. The lowest BCUT2D eigenvalue weighted by Gasteiger charge is -2.22. The topological polar surface area (TPSA) is 69.8 Å². The molecule has 1 fully saturated rings. The Kier molecular flexibility index (Phi) is 6.84. The zero-order valence-corrected chi connectivity index (χ0v) is 16.0. The smallest absolute Gasteiger partial charge is 0.162 e. The fourth-order valence-corrected chi connectivity index (χ4v) is 3.29. The predicted octanol–water partition coefficient (Wildman–Crippen LogP) is 2.96. The number of ether oxygens (including phenoxy) is 1. The molecule has 3 aromatic rings. The average Bonchev–Trinajstić information content (AvgIpc) is 3.36. The number of imidazole rings is 1. The average molecular weight is 389 g/mol. The van der Waals surface area contributed by atoms with Gasteiger partial charge in [-0.3, -0.25) is 0 Å². The number of aryl methyl sites for hydroxylation is 1. The second kappa shape index (κ2) is 9.53. The number of piperidine rings is 1. The fourth-order valence-electron chi connectivity index (χ4n) is 3.29. The van der Waals surface area contributed by atoms with Gasteiger partial charge in [0.05, 0.1) is 18.8 Å². The molecule has 4 rings (SSSR count). The number of aromatic nitrogens is 5. The van der Waals surface area contributed by atoms with Crippen molar-refractivity contribution in [2.45, 2.75) is 31.8 Å². The molecular formula is C19H25ClN6O. The van der Waals surface area contributed by atoms with Gasteiger partial charge in [0.25, 0.3) is 0 Å². The van der Waals surface area contributed by atoms with Gasteiger partial charge in [-0.1, -0.05) is 23.4 Å². The first kappa shape index (κ1) is 19.4. The molecule has 0 saturated carbocycles. The first-order valence-corrected chi connectivity index (χ1v) is 9.22. The summed E-state index contributed by atoms with van der Waals surface area (Å²) in [6.07, 6.45) is 8.91. The number of rotatable bonds is 7. The number of nitrogens with one attached hydrogen (secondary N) is 1. The van der Waals surface area contributed by atoms with Gasteiger partial charge < -0.3 is 14.6 Å². The third-order valence-corrected chi connectivity index (χ3v) is 4.69. The Bertz CT molecular complexity index is 812. The van der Waals surface area contributed by atoms with Crippen molar-refractivity contribution in [3.05, 3.63) is 48.9 Å². The molecule has 0 aliphatic carbocycles. The summed E-state index contributed by atoms with van der Waals surface area (Å²) in [6.45, 7) is 3.58. The van der Waals surface area contributed by atoms with Crippen LogP contribution >= 0.6 is 12.4 Å². The van der Waals surface area contributed by atoms with Crippen LogP contribution in [0, 0.1) is 0 Å². The van der Waals surface area contributed by atoms with Gasteiger partial charge in [0.1, 0.15) is 11.4 Å². The van der Waals surface area contributed by atoms with E-state index in [-0.39, 0.29) is 12.4 Å². The number of halogens is 1. The van der Waals surface area contributed by atoms with E-state index in [1.54, 1.807) is 0 Å². The molecule has 0 unspecified atom stereocenters. The Morgan fingerprint density at radius 2 is 1.96 bits per heavy atom. The van der Waals surface area contributed by atoms with Crippen molar-refractivity contribution in [2.75, 3.05) is 19.7 Å². The van der Waals surface area contributed by atoms with Gasteiger partial charge in [0.2, 0.25) is 0 Å². The van der Waals surface area contributed by atoms with Crippen molar-refractivity contribution in [3.63, 3.8) is 0 Å². The quantitative estimate of drug-likeness (QED) is 0.630. The standard InChI is InChI=1S/C19H24N6O.ClH/c1-2-5-17(6-3-1)26-14-4-12-24-13-11-21-19(24)18-15-25(23-22-18)16-7-9-20-10-8-16;/h1-3,5-6,11,13,15-16,20H,4,7-10,12,14H2;1H. The molecule has 1 aliphatic heterocycles. The second-order valence-electron chi connectivity index (χ2n) is 6.52. The molecule has 144 valence electrons. The van der Waals surface area contributed by atoms with Crippen LogP contribution in [0.1, 0.15) is 25.3 Å². The first-order chi connectivity index (χ1) is 12.9. The molecule has 1 aliphatic rings. The molecule has 0 amide bonds. The molecule has 0 bridgehead atoms. The summed E-state index contributed by atoms with van der Waals surface area (Å²) in [4.78, 5) is 4.48. The number of hydrogen-bond donors (Lipinski definition) is 1. The summed E-state index contributed by atoms with van der Waals surface area (Å²) in [5.41, 5.74) is 0.831. The Morgan fingerprint density at radius 3 is 2.78 bits per heavy atom. The van der Waals surface area contributed by atoms with Crippen molar-refractivity contribution in [1.82, 2.24) is 29.9 Å². The zero-order valence-electron chi connectivity index (χ0n) is 15.2. The van der Waals surface area contributed by atoms with Gasteiger partial charge >= 0.3 is 0 Å². The number of para-hydroxylation sites is 1. The SMILES string of the molecule is Cl.c1ccc(OCCCn2ccnc2-c2cn(C3CCNCC3)nn2)cc1. The molecule has 1 saturated heterocycles. The van der Waals surface area contributed by atoms with Gasteiger partial charge in [-0.15, -0.1) is 17.5 Å². The van der Waals surface area contributed by atoms with E-state index in [4.69, 9.17) is 4.74 Å². The highest BCUT2D eigenvalue weighted by atomic mass is 35.5. The van der Waals surface area contributed by atoms with Crippen molar-refractivity contribution < 1.29 is 4.74 Å². The summed E-state index contributed by atoms with van der Waals surface area (Å²) in [5.74, 6) is 1.77. The highest BCUT2D eigenvalue weighted by Crippen LogP contribution is 2.21. The summed E-state index contributed by atoms with van der Waals surface area (Å²) < 4.78 is 9.87. The molecular weight excluding hydrogens is 364 g/mol. The van der Waals surface area contributed by atoms with Crippen molar-refractivity contribution in [2.24, 2.45) is 0 Å². The van der Waals surface area contributed by atoms with E-state index in [1.807, 2.05) is 53.6 Å². The minimum absolute atomic E-state index is 0. The Morgan fingerprint density at radius 1 is 1.15 bits per heavy atom. The van der Waals surface area contributed by atoms with Crippen LogP contribution in [0.25, 0.3) is 11.5 Å². The number of benzene rings is 1. The molecule has 8 heteroatoms. The lowest BCUT2D eigenvalue weighted by molar-refractivity contribution is 0.302. The Balaban J connectivity index is 0.00000210. The van der Waals surface area contributed by atoms with Gasteiger partial charge in [0, 0.05) is 18.9 Å². The van der Waals surface area contributed by atoms with Crippen LogP contribution in [0.4, 0.5) is 0 Å². The first-order valence-electron chi connectivity index (χ1n) is 9.22. The summed E-state index contributed by atoms with van der Waals surface area (Å²) in [5, 5.41) is 12.1. The van der Waals surface area contributed by atoms with Crippen molar-refractivity contribution in [1.29, 1.82) is 0 Å². The van der Waals surface area contributed by atoms with Gasteiger partial charge in [0.15, 0.2) is 5.82 Å². The summed E-state index contributed by atoms with van der Waals surface area (Å²) in [7, 11) is 0. The summed E-state index contributed by atoms with van der Waals surface area (Å²) in [6, 6.07) is 10.3. The third kappa shape index (κ3) is 4.87. The molecule has 1 aromatic carbocycles. The largest absolute Gasteiger partial charge is 0.494 e. The van der Waals surface area contributed by atoms with Crippen LogP contribution in [-0.4, -0.2) is 44.2 Å². The Labute approximate surface area is 165 Å². The normalized spacial score (nSPS) is 14.7. The lowest BCUT2D eigenvalue weighted by atomic mass is 10.1. The highest BCUT2D eigenvalue weighted by molar-refractivity contribution is 5.85. The number of hydrogen-bond acceptors (Lipinski definition) is 5. The lowest BCUT2D eigenvalue weighted by Crippen LogP contribution is -2.29. The maximum absolute atomic E-state index is 5.76. The molecule has 0 radical (unpaired) electrons.